The summed E-state index contributed by atoms with van der Waals surface area (Å²) >= 11 is 0. The van der Waals surface area contributed by atoms with Gasteiger partial charge >= 0.3 is 0 Å². The minimum atomic E-state index is -0.0704. The van der Waals surface area contributed by atoms with Crippen molar-refractivity contribution in [2.75, 3.05) is 31.3 Å². The largest absolute Gasteiger partial charge is 0.325 e. The molecule has 0 radical (unpaired) electrons. The van der Waals surface area contributed by atoms with Crippen molar-refractivity contribution in [3.8, 4) is 23.1 Å². The van der Waals surface area contributed by atoms with Gasteiger partial charge in [-0.1, -0.05) is 24.0 Å². The Morgan fingerprint density at radius 2 is 2.00 bits per heavy atom. The summed E-state index contributed by atoms with van der Waals surface area (Å²) in [6, 6.07) is 7.91. The molecule has 0 bridgehead atoms. The van der Waals surface area contributed by atoms with Crippen LogP contribution in [-0.4, -0.2) is 46.4 Å². The number of carbonyl (C=O) groups is 1. The van der Waals surface area contributed by atoms with Crippen molar-refractivity contribution >= 4 is 23.2 Å². The Kier molecular flexibility index (Phi) is 5.65. The van der Waals surface area contributed by atoms with Crippen LogP contribution in [0.5, 0.6) is 0 Å². The fourth-order valence-corrected chi connectivity index (χ4v) is 3.31. The zero-order valence-electron chi connectivity index (χ0n) is 18.1. The SMILES string of the molecule is Cc1ccc2c(c1)NC(=O)Cc1cnc(Nc3cc(C#CCN(C)C)cnc3C)nc1-2. The minimum Gasteiger partial charge on any atom is -0.325 e. The van der Waals surface area contributed by atoms with Gasteiger partial charge in [0.1, 0.15) is 0 Å². The lowest BCUT2D eigenvalue weighted by Crippen LogP contribution is -2.13. The van der Waals surface area contributed by atoms with Crippen LogP contribution in [-0.2, 0) is 11.2 Å². The molecule has 2 N–H and O–H groups in total. The van der Waals surface area contributed by atoms with Crippen molar-refractivity contribution in [1.29, 1.82) is 0 Å². The second kappa shape index (κ2) is 8.54. The van der Waals surface area contributed by atoms with Gasteiger partial charge in [0.25, 0.3) is 0 Å². The van der Waals surface area contributed by atoms with Gasteiger partial charge in [-0.25, -0.2) is 9.97 Å². The van der Waals surface area contributed by atoms with Gasteiger partial charge in [0.05, 0.1) is 35.7 Å². The van der Waals surface area contributed by atoms with Crippen LogP contribution < -0.4 is 10.6 Å². The molecule has 0 saturated carbocycles. The zero-order chi connectivity index (χ0) is 22.0. The first-order valence-corrected chi connectivity index (χ1v) is 10.0. The molecular formula is C24H24N6O. The lowest BCUT2D eigenvalue weighted by atomic mass is 10.0. The predicted molar refractivity (Wildman–Crippen MR) is 122 cm³/mol. The van der Waals surface area contributed by atoms with Crippen molar-refractivity contribution in [3.63, 3.8) is 0 Å². The number of pyridine rings is 1. The molecule has 0 saturated heterocycles. The summed E-state index contributed by atoms with van der Waals surface area (Å²) in [6.07, 6.45) is 3.71. The number of hydrogen-bond acceptors (Lipinski definition) is 6. The molecule has 0 unspecified atom stereocenters. The van der Waals surface area contributed by atoms with E-state index in [1.54, 1.807) is 12.4 Å². The summed E-state index contributed by atoms with van der Waals surface area (Å²) in [4.78, 5) is 27.9. The number of rotatable bonds is 3. The number of nitrogens with one attached hydrogen (secondary N) is 2. The molecule has 0 fully saturated rings. The molecule has 3 aromatic rings. The zero-order valence-corrected chi connectivity index (χ0v) is 18.1. The number of nitrogens with zero attached hydrogens (tertiary/aromatic N) is 4. The highest BCUT2D eigenvalue weighted by Crippen LogP contribution is 2.33. The van der Waals surface area contributed by atoms with E-state index in [0.717, 1.165) is 45.0 Å². The van der Waals surface area contributed by atoms with Crippen LogP contribution in [0.4, 0.5) is 17.3 Å². The second-order valence-corrected chi connectivity index (χ2v) is 7.86. The fraction of sp³-hybridized carbons (Fsp3) is 0.250. The second-order valence-electron chi connectivity index (χ2n) is 7.86. The summed E-state index contributed by atoms with van der Waals surface area (Å²) in [5.74, 6) is 6.62. The minimum absolute atomic E-state index is 0.0704. The van der Waals surface area contributed by atoms with Crippen molar-refractivity contribution in [2.45, 2.75) is 20.3 Å². The van der Waals surface area contributed by atoms with E-state index in [9.17, 15) is 4.79 Å². The normalized spacial score (nSPS) is 12.2. The third-order valence-corrected chi connectivity index (χ3v) is 4.88. The first kappa shape index (κ1) is 20.5. The van der Waals surface area contributed by atoms with Crippen LogP contribution in [0, 0.1) is 25.7 Å². The highest BCUT2D eigenvalue weighted by molar-refractivity contribution is 6.00. The van der Waals surface area contributed by atoms with E-state index in [1.807, 2.05) is 57.1 Å². The number of carbonyl (C=O) groups excluding carboxylic acids is 1. The lowest BCUT2D eigenvalue weighted by molar-refractivity contribution is -0.115. The Morgan fingerprint density at radius 1 is 1.16 bits per heavy atom. The standard InChI is InChI=1S/C24H24N6O/c1-15-7-8-19-21(10-15)27-22(31)12-18-14-26-24(29-23(18)19)28-20-11-17(13-25-16(20)2)6-5-9-30(3)4/h7-8,10-11,13-14H,9,12H2,1-4H3,(H,27,31)(H,26,28,29). The van der Waals surface area contributed by atoms with E-state index in [1.165, 1.54) is 0 Å². The maximum atomic E-state index is 12.3. The van der Waals surface area contributed by atoms with Gasteiger partial charge in [0, 0.05) is 29.1 Å². The summed E-state index contributed by atoms with van der Waals surface area (Å²) in [5.41, 5.74) is 6.71. The molecule has 156 valence electrons. The van der Waals surface area contributed by atoms with Crippen molar-refractivity contribution in [3.05, 3.63) is 59.0 Å². The van der Waals surface area contributed by atoms with E-state index in [4.69, 9.17) is 4.98 Å². The molecule has 1 amide bonds. The smallest absolute Gasteiger partial charge is 0.228 e. The van der Waals surface area contributed by atoms with Gasteiger partial charge in [-0.2, -0.15) is 0 Å². The summed E-state index contributed by atoms with van der Waals surface area (Å²) in [5, 5.41) is 6.24. The molecule has 31 heavy (non-hydrogen) atoms. The summed E-state index contributed by atoms with van der Waals surface area (Å²) < 4.78 is 0. The van der Waals surface area contributed by atoms with Crippen LogP contribution in [0.15, 0.2) is 36.7 Å². The monoisotopic (exact) mass is 412 g/mol. The number of amides is 1. The van der Waals surface area contributed by atoms with Crippen LogP contribution in [0.2, 0.25) is 0 Å². The third kappa shape index (κ3) is 4.71. The van der Waals surface area contributed by atoms with E-state index in [2.05, 4.69) is 32.4 Å². The topological polar surface area (TPSA) is 83.0 Å². The number of aromatic nitrogens is 3. The number of anilines is 3. The van der Waals surface area contributed by atoms with Gasteiger partial charge in [0.15, 0.2) is 0 Å². The Bertz CT molecular complexity index is 1220. The maximum Gasteiger partial charge on any atom is 0.228 e. The molecule has 0 spiro atoms. The lowest BCUT2D eigenvalue weighted by Gasteiger charge is -2.12. The van der Waals surface area contributed by atoms with Gasteiger partial charge in [0.2, 0.25) is 11.9 Å². The van der Waals surface area contributed by atoms with Gasteiger partial charge in [-0.15, -0.1) is 0 Å². The van der Waals surface area contributed by atoms with Crippen LogP contribution in [0.3, 0.4) is 0 Å². The number of aryl methyl sites for hydroxylation is 2. The van der Waals surface area contributed by atoms with Crippen LogP contribution in [0.1, 0.15) is 22.4 Å². The highest BCUT2D eigenvalue weighted by Gasteiger charge is 2.21. The molecule has 1 aliphatic heterocycles. The van der Waals surface area contributed by atoms with E-state index in [-0.39, 0.29) is 12.3 Å². The molecule has 1 aromatic carbocycles. The Labute approximate surface area is 182 Å². The molecule has 0 atom stereocenters. The third-order valence-electron chi connectivity index (χ3n) is 4.88. The summed E-state index contributed by atoms with van der Waals surface area (Å²) in [7, 11) is 3.96. The van der Waals surface area contributed by atoms with Crippen LogP contribution >= 0.6 is 0 Å². The number of fused-ring (bicyclic) bond motifs is 3. The quantitative estimate of drug-likeness (QED) is 0.643. The maximum absolute atomic E-state index is 12.3. The van der Waals surface area contributed by atoms with Gasteiger partial charge < -0.3 is 10.6 Å². The summed E-state index contributed by atoms with van der Waals surface area (Å²) in [6.45, 7) is 4.59. The van der Waals surface area contributed by atoms with E-state index >= 15 is 0 Å². The Balaban J connectivity index is 1.68. The average molecular weight is 412 g/mol. The molecule has 2 aromatic heterocycles. The van der Waals surface area contributed by atoms with E-state index < -0.39 is 0 Å². The van der Waals surface area contributed by atoms with Gasteiger partial charge in [-0.05, 0) is 45.6 Å². The van der Waals surface area contributed by atoms with Gasteiger partial charge in [-0.3, -0.25) is 14.7 Å². The molecule has 7 heteroatoms. The van der Waals surface area contributed by atoms with Crippen molar-refractivity contribution in [1.82, 2.24) is 19.9 Å². The molecule has 3 heterocycles. The molecule has 0 aliphatic carbocycles. The van der Waals surface area contributed by atoms with Crippen LogP contribution in [0.25, 0.3) is 11.3 Å². The molecular weight excluding hydrogens is 388 g/mol. The highest BCUT2D eigenvalue weighted by atomic mass is 16.1. The molecule has 7 nitrogen and oxygen atoms in total. The van der Waals surface area contributed by atoms with Crippen molar-refractivity contribution < 1.29 is 4.79 Å². The number of hydrogen-bond donors (Lipinski definition) is 2. The Morgan fingerprint density at radius 3 is 2.81 bits per heavy atom. The molecule has 4 rings (SSSR count). The fourth-order valence-electron chi connectivity index (χ4n) is 3.31. The van der Waals surface area contributed by atoms with Crippen molar-refractivity contribution in [2.24, 2.45) is 0 Å². The first-order chi connectivity index (χ1) is 14.9. The average Bonchev–Trinajstić information content (AvgIpc) is 2.84. The Hall–Kier alpha value is -3.76. The first-order valence-electron chi connectivity index (χ1n) is 10.0. The number of benzene rings is 1. The van der Waals surface area contributed by atoms with E-state index in [0.29, 0.717) is 12.5 Å². The molecule has 1 aliphatic rings. The predicted octanol–water partition coefficient (Wildman–Crippen LogP) is 3.31.